The van der Waals surface area contributed by atoms with E-state index in [9.17, 15) is 0 Å². The van der Waals surface area contributed by atoms with Gasteiger partial charge in [-0.1, -0.05) is 65.7 Å². The molecule has 15 heteroatoms. The number of rotatable bonds is 1. The molecular weight excluding hydrogens is 629 g/mol. The summed E-state index contributed by atoms with van der Waals surface area (Å²) in [6, 6.07) is 15.6. The van der Waals surface area contributed by atoms with Crippen LogP contribution in [0.2, 0.25) is 10.0 Å². The van der Waals surface area contributed by atoms with Gasteiger partial charge in [0.2, 0.25) is 0 Å². The maximum absolute atomic E-state index is 8.89. The van der Waals surface area contributed by atoms with Crippen LogP contribution in [0.5, 0.6) is 0 Å². The number of carbonyl (C=O) groups is 6. The van der Waals surface area contributed by atoms with Gasteiger partial charge in [-0.15, -0.1) is 0 Å². The average Bonchev–Trinajstić information content (AvgIpc) is 2.68. The summed E-state index contributed by atoms with van der Waals surface area (Å²) in [7, 11) is 0. The predicted molar refractivity (Wildman–Crippen MR) is 129 cm³/mol. The SMILES string of the molecule is CC(=O)[O-].CC(=O)[O-].CC(=O)[O-].CC(=O)[O-].CC(=O)[O-].CC(=O)[O-].Clc1cccc(-c2ccccc2)c1Cl.[C+4].[Zn+2]. The van der Waals surface area contributed by atoms with Crippen LogP contribution in [0.25, 0.3) is 11.1 Å². The third-order valence-electron chi connectivity index (χ3n) is 2.04. The van der Waals surface area contributed by atoms with Gasteiger partial charge >= 0.3 is 26.9 Å². The van der Waals surface area contributed by atoms with E-state index in [1.54, 1.807) is 6.07 Å². The fourth-order valence-electron chi connectivity index (χ4n) is 1.34. The first-order valence-electron chi connectivity index (χ1n) is 9.73. The molecule has 0 aromatic heterocycles. The molecule has 2 rings (SSSR count). The molecule has 214 valence electrons. The normalized spacial score (nSPS) is 7.30. The number of aliphatic carboxylic acids is 6. The Morgan fingerprint density at radius 3 is 1.00 bits per heavy atom. The molecular formula is C25H26Cl2O12Zn. The van der Waals surface area contributed by atoms with E-state index in [-0.39, 0.29) is 26.9 Å². The van der Waals surface area contributed by atoms with E-state index in [1.807, 2.05) is 42.5 Å². The van der Waals surface area contributed by atoms with Crippen LogP contribution >= 0.6 is 23.2 Å². The molecule has 2 aromatic carbocycles. The standard InChI is InChI=1S/C12H8Cl2.6C2H4O2.C.Zn/c13-11-8-4-7-10(12(11)14)9-5-2-1-3-6-9;6*1-2(3)4;;/h1-8H;6*1H3,(H,3,4);;/q;;;;;;;+4;+2/p-6. The summed E-state index contributed by atoms with van der Waals surface area (Å²) in [4.78, 5) is 53.3. The Bertz CT molecular complexity index is 868. The molecule has 12 nitrogen and oxygen atoms in total. The zero-order valence-corrected chi connectivity index (χ0v) is 27.0. The van der Waals surface area contributed by atoms with Crippen LogP contribution in [0.15, 0.2) is 48.5 Å². The number of carboxylic acids is 6. The minimum atomic E-state index is -1.08. The van der Waals surface area contributed by atoms with E-state index in [1.165, 1.54) is 0 Å². The van der Waals surface area contributed by atoms with E-state index in [0.29, 0.717) is 10.0 Å². The summed E-state index contributed by atoms with van der Waals surface area (Å²) >= 11 is 12.0. The number of carbonyl (C=O) groups excluding carboxylic acids is 6. The van der Waals surface area contributed by atoms with E-state index >= 15 is 0 Å². The fraction of sp³-hybridized carbons (Fsp3) is 0.240. The van der Waals surface area contributed by atoms with Crippen LogP contribution in [0, 0.1) is 7.43 Å². The average molecular weight is 655 g/mol. The molecule has 0 aliphatic heterocycles. The fourth-order valence-corrected chi connectivity index (χ4v) is 1.75. The first-order valence-corrected chi connectivity index (χ1v) is 10.5. The van der Waals surface area contributed by atoms with Crippen molar-refractivity contribution in [2.45, 2.75) is 41.5 Å². The third kappa shape index (κ3) is 76.5. The van der Waals surface area contributed by atoms with Crippen molar-refractivity contribution in [1.29, 1.82) is 0 Å². The Morgan fingerprint density at radius 2 is 0.750 bits per heavy atom. The molecule has 0 N–H and O–H groups in total. The van der Waals surface area contributed by atoms with Gasteiger partial charge in [-0.3, -0.25) is 0 Å². The van der Waals surface area contributed by atoms with Gasteiger partial charge in [0.25, 0.3) is 0 Å². The Labute approximate surface area is 255 Å². The zero-order valence-electron chi connectivity index (χ0n) is 22.5. The molecule has 0 spiro atoms. The Morgan fingerprint density at radius 1 is 0.500 bits per heavy atom. The van der Waals surface area contributed by atoms with Crippen LogP contribution in [0.4, 0.5) is 0 Å². The van der Waals surface area contributed by atoms with Crippen molar-refractivity contribution in [2.24, 2.45) is 0 Å². The second-order valence-electron chi connectivity index (χ2n) is 5.92. The first-order chi connectivity index (χ1) is 17.2. The minimum Gasteiger partial charge on any atom is -0.550 e. The Kier molecular flexibility index (Phi) is 46.8. The third-order valence-corrected chi connectivity index (χ3v) is 2.86. The molecule has 0 aliphatic carbocycles. The van der Waals surface area contributed by atoms with Crippen molar-refractivity contribution in [2.75, 3.05) is 0 Å². The van der Waals surface area contributed by atoms with Gasteiger partial charge in [0.15, 0.2) is 0 Å². The van der Waals surface area contributed by atoms with Crippen molar-refractivity contribution in [3.8, 4) is 11.1 Å². The van der Waals surface area contributed by atoms with Crippen LogP contribution in [0.1, 0.15) is 41.5 Å². The molecule has 0 bridgehead atoms. The van der Waals surface area contributed by atoms with Gasteiger partial charge in [0.1, 0.15) is 0 Å². The maximum Gasteiger partial charge on any atom is 4.00 e. The van der Waals surface area contributed by atoms with Gasteiger partial charge < -0.3 is 59.4 Å². The van der Waals surface area contributed by atoms with Crippen molar-refractivity contribution < 1.29 is 78.9 Å². The van der Waals surface area contributed by atoms with Crippen molar-refractivity contribution in [1.82, 2.24) is 0 Å². The predicted octanol–water partition coefficient (Wildman–Crippen LogP) is -2.72. The summed E-state index contributed by atoms with van der Waals surface area (Å²) in [6.07, 6.45) is 0. The number of carboxylic acid groups (broad SMARTS) is 6. The topological polar surface area (TPSA) is 241 Å². The second kappa shape index (κ2) is 35.5. The summed E-state index contributed by atoms with van der Waals surface area (Å²) in [5.41, 5.74) is 2.06. The van der Waals surface area contributed by atoms with E-state index < -0.39 is 35.8 Å². The molecule has 0 heterocycles. The molecule has 0 saturated carbocycles. The van der Waals surface area contributed by atoms with Crippen molar-refractivity contribution in [3.05, 3.63) is 66.0 Å². The van der Waals surface area contributed by atoms with Crippen LogP contribution in [-0.2, 0) is 48.2 Å². The molecule has 0 saturated heterocycles. The smallest absolute Gasteiger partial charge is 0.550 e. The largest absolute Gasteiger partial charge is 4.00 e. The van der Waals surface area contributed by atoms with Crippen LogP contribution in [0.3, 0.4) is 0 Å². The summed E-state index contributed by atoms with van der Waals surface area (Å²) < 4.78 is 0. The zero-order chi connectivity index (χ0) is 31.4. The molecule has 0 aliphatic rings. The number of benzene rings is 2. The van der Waals surface area contributed by atoms with E-state index in [2.05, 4.69) is 0 Å². The molecule has 0 unspecified atom stereocenters. The number of hydrogen-bond acceptors (Lipinski definition) is 12. The summed E-state index contributed by atoms with van der Waals surface area (Å²) in [5, 5.41) is 54.5. The van der Waals surface area contributed by atoms with Crippen LogP contribution in [-0.4, -0.2) is 35.8 Å². The minimum absolute atomic E-state index is 0. The maximum atomic E-state index is 8.89. The van der Waals surface area contributed by atoms with Gasteiger partial charge in [0.05, 0.1) is 10.0 Å². The van der Waals surface area contributed by atoms with Crippen molar-refractivity contribution >= 4 is 59.0 Å². The van der Waals surface area contributed by atoms with Gasteiger partial charge in [-0.2, -0.15) is 0 Å². The number of hydrogen-bond donors (Lipinski definition) is 0. The molecule has 0 fully saturated rings. The van der Waals surface area contributed by atoms with Crippen molar-refractivity contribution in [3.63, 3.8) is 0 Å². The Hall–Kier alpha value is -3.54. The van der Waals surface area contributed by atoms with Gasteiger partial charge in [0, 0.05) is 41.4 Å². The summed E-state index contributed by atoms with van der Waals surface area (Å²) in [6.45, 7) is 5.83. The molecule has 40 heavy (non-hydrogen) atoms. The molecule has 0 atom stereocenters. The quantitative estimate of drug-likeness (QED) is 0.285. The van der Waals surface area contributed by atoms with Crippen LogP contribution < -0.4 is 30.6 Å². The molecule has 2 aromatic rings. The van der Waals surface area contributed by atoms with E-state index in [4.69, 9.17) is 82.6 Å². The number of halogens is 2. The first kappa shape index (κ1) is 52.8. The van der Waals surface area contributed by atoms with E-state index in [0.717, 1.165) is 52.7 Å². The molecule has 0 radical (unpaired) electrons. The van der Waals surface area contributed by atoms with Gasteiger partial charge in [-0.05, 0) is 53.2 Å². The summed E-state index contributed by atoms with van der Waals surface area (Å²) in [5.74, 6) is -6.50. The second-order valence-corrected chi connectivity index (χ2v) is 6.70. The monoisotopic (exact) mass is 652 g/mol. The van der Waals surface area contributed by atoms with Gasteiger partial charge in [-0.25, -0.2) is 0 Å². The Balaban J connectivity index is -0.0000000711. The molecule has 0 amide bonds.